The summed E-state index contributed by atoms with van der Waals surface area (Å²) in [6, 6.07) is 0. The number of hydrogen-bond donors (Lipinski definition) is 0. The summed E-state index contributed by atoms with van der Waals surface area (Å²) >= 11 is 0. The molecule has 0 spiro atoms. The minimum absolute atomic E-state index is 1.52. The van der Waals surface area contributed by atoms with Crippen molar-refractivity contribution in [3.63, 3.8) is 0 Å². The van der Waals surface area contributed by atoms with E-state index in [0.717, 1.165) is 0 Å². The van der Waals surface area contributed by atoms with Crippen molar-refractivity contribution in [2.24, 2.45) is 0 Å². The van der Waals surface area contributed by atoms with Gasteiger partial charge in [-0.15, -0.1) is 0 Å². The SMILES string of the molecule is CO[Si](OC)(OC)SSSSC. The van der Waals surface area contributed by atoms with Crippen LogP contribution >= 0.6 is 40.7 Å². The third-order valence-electron chi connectivity index (χ3n) is 0.982. The Labute approximate surface area is 89.3 Å². The van der Waals surface area contributed by atoms with Gasteiger partial charge in [0.05, 0.1) is 0 Å². The van der Waals surface area contributed by atoms with Crippen molar-refractivity contribution < 1.29 is 13.3 Å². The van der Waals surface area contributed by atoms with Crippen molar-refractivity contribution in [1.82, 2.24) is 0 Å². The average molecular weight is 264 g/mol. The molecule has 0 aromatic heterocycles. The molecule has 12 heavy (non-hydrogen) atoms. The highest BCUT2D eigenvalue weighted by Crippen LogP contribution is 2.46. The van der Waals surface area contributed by atoms with Crippen molar-refractivity contribution >= 4 is 48.6 Å². The first kappa shape index (κ1) is 13.5. The quantitative estimate of drug-likeness (QED) is 0.396. The lowest BCUT2D eigenvalue weighted by Crippen LogP contribution is -2.38. The second-order valence-electron chi connectivity index (χ2n) is 1.50. The molecule has 0 atom stereocenters. The van der Waals surface area contributed by atoms with Crippen LogP contribution < -0.4 is 0 Å². The van der Waals surface area contributed by atoms with Crippen molar-refractivity contribution in [3.05, 3.63) is 0 Å². The monoisotopic (exact) mass is 264 g/mol. The van der Waals surface area contributed by atoms with Crippen LogP contribution in [0.4, 0.5) is 0 Å². The van der Waals surface area contributed by atoms with Gasteiger partial charge in [0, 0.05) is 21.3 Å². The van der Waals surface area contributed by atoms with E-state index in [9.17, 15) is 0 Å². The van der Waals surface area contributed by atoms with Crippen LogP contribution in [0.2, 0.25) is 0 Å². The van der Waals surface area contributed by atoms with Crippen molar-refractivity contribution in [2.45, 2.75) is 0 Å². The van der Waals surface area contributed by atoms with Gasteiger partial charge in [-0.1, -0.05) is 10.8 Å². The van der Waals surface area contributed by atoms with Crippen LogP contribution in [0.3, 0.4) is 0 Å². The van der Waals surface area contributed by atoms with Gasteiger partial charge in [-0.25, -0.2) is 0 Å². The third kappa shape index (κ3) is 4.65. The first-order valence-corrected chi connectivity index (χ1v) is 10.6. The lowest BCUT2D eigenvalue weighted by atomic mass is 11.8. The summed E-state index contributed by atoms with van der Waals surface area (Å²) in [5.41, 5.74) is 0. The fourth-order valence-corrected chi connectivity index (χ4v) is 12.5. The second kappa shape index (κ2) is 7.86. The van der Waals surface area contributed by atoms with Gasteiger partial charge in [-0.2, -0.15) is 0 Å². The zero-order valence-electron chi connectivity index (χ0n) is 7.36. The normalized spacial score (nSPS) is 12.0. The van der Waals surface area contributed by atoms with Crippen molar-refractivity contribution in [1.29, 1.82) is 0 Å². The Kier molecular flexibility index (Phi) is 8.84. The molecule has 0 saturated heterocycles. The van der Waals surface area contributed by atoms with E-state index in [1.165, 1.54) is 10.2 Å². The van der Waals surface area contributed by atoms with Crippen LogP contribution in [0.5, 0.6) is 0 Å². The van der Waals surface area contributed by atoms with E-state index in [4.69, 9.17) is 13.3 Å². The fourth-order valence-electron chi connectivity index (χ4n) is 0.435. The van der Waals surface area contributed by atoms with E-state index in [1.54, 1.807) is 51.8 Å². The standard InChI is InChI=1S/C4H12O3S4Si/c1-5-12(6-2,7-3)11-10-9-8-4/h1-4H3. The van der Waals surface area contributed by atoms with E-state index >= 15 is 0 Å². The lowest BCUT2D eigenvalue weighted by molar-refractivity contribution is 0.153. The van der Waals surface area contributed by atoms with Gasteiger partial charge < -0.3 is 13.3 Å². The summed E-state index contributed by atoms with van der Waals surface area (Å²) in [5.74, 6) is 0. The first-order chi connectivity index (χ1) is 5.74. The molecule has 0 heterocycles. The molecule has 0 unspecified atom stereocenters. The van der Waals surface area contributed by atoms with Crippen molar-refractivity contribution in [3.8, 4) is 0 Å². The molecule has 0 amide bonds. The predicted octanol–water partition coefficient (Wildman–Crippen LogP) is 2.67. The van der Waals surface area contributed by atoms with Gasteiger partial charge in [0.2, 0.25) is 0 Å². The molecule has 0 aliphatic rings. The molecule has 74 valence electrons. The molecule has 0 rings (SSSR count). The lowest BCUT2D eigenvalue weighted by Gasteiger charge is -2.21. The van der Waals surface area contributed by atoms with E-state index in [0.29, 0.717) is 0 Å². The zero-order valence-corrected chi connectivity index (χ0v) is 11.6. The van der Waals surface area contributed by atoms with Gasteiger partial charge in [-0.05, 0) is 36.2 Å². The highest BCUT2D eigenvalue weighted by molar-refractivity contribution is 9.28. The summed E-state index contributed by atoms with van der Waals surface area (Å²) in [7, 11) is 8.92. The van der Waals surface area contributed by atoms with Gasteiger partial charge in [0.1, 0.15) is 0 Å². The zero-order chi connectivity index (χ0) is 9.45. The Balaban J connectivity index is 3.76. The van der Waals surface area contributed by atoms with Gasteiger partial charge >= 0.3 is 7.95 Å². The molecule has 3 nitrogen and oxygen atoms in total. The molecule has 0 aromatic rings. The first-order valence-electron chi connectivity index (χ1n) is 2.95. The summed E-state index contributed by atoms with van der Waals surface area (Å²) in [5, 5.41) is 0. The molecule has 0 aromatic carbocycles. The average Bonchev–Trinajstić information content (AvgIpc) is 2.14. The molecule has 0 saturated carbocycles. The van der Waals surface area contributed by atoms with E-state index in [1.807, 2.05) is 6.26 Å². The maximum atomic E-state index is 5.20. The molecule has 0 aliphatic heterocycles. The number of hydrogen-bond acceptors (Lipinski definition) is 7. The number of rotatable bonds is 7. The van der Waals surface area contributed by atoms with Crippen LogP contribution in [0.15, 0.2) is 0 Å². The highest BCUT2D eigenvalue weighted by atomic mass is 33.7. The maximum Gasteiger partial charge on any atom is 0.584 e. The summed E-state index contributed by atoms with van der Waals surface area (Å²) < 4.78 is 15.6. The van der Waals surface area contributed by atoms with Crippen LogP contribution in [-0.4, -0.2) is 35.5 Å². The van der Waals surface area contributed by atoms with Gasteiger partial charge in [0.15, 0.2) is 0 Å². The van der Waals surface area contributed by atoms with Gasteiger partial charge in [0.25, 0.3) is 0 Å². The molecule has 8 heteroatoms. The Morgan fingerprint density at radius 1 is 0.917 bits per heavy atom. The molecule has 0 bridgehead atoms. The third-order valence-corrected chi connectivity index (χ3v) is 13.3. The van der Waals surface area contributed by atoms with E-state index in [2.05, 4.69) is 0 Å². The predicted molar refractivity (Wildman–Crippen MR) is 63.1 cm³/mol. The Hall–Kier alpha value is 1.50. The molecular formula is C4H12O3S4Si. The topological polar surface area (TPSA) is 27.7 Å². The van der Waals surface area contributed by atoms with Crippen LogP contribution in [-0.2, 0) is 13.3 Å². The highest BCUT2D eigenvalue weighted by Gasteiger charge is 2.40. The summed E-state index contributed by atoms with van der Waals surface area (Å²) in [6.07, 6.45) is 2.02. The Bertz CT molecular complexity index is 104. The van der Waals surface area contributed by atoms with Crippen LogP contribution in [0, 0.1) is 0 Å². The Morgan fingerprint density at radius 2 is 1.42 bits per heavy atom. The Morgan fingerprint density at radius 3 is 1.75 bits per heavy atom. The maximum absolute atomic E-state index is 5.20. The van der Waals surface area contributed by atoms with Crippen LogP contribution in [0.1, 0.15) is 0 Å². The van der Waals surface area contributed by atoms with E-state index < -0.39 is 7.95 Å². The molecular weight excluding hydrogens is 252 g/mol. The molecule has 0 N–H and O–H groups in total. The van der Waals surface area contributed by atoms with Crippen LogP contribution in [0.25, 0.3) is 0 Å². The minimum atomic E-state index is -2.41. The molecule has 0 aliphatic carbocycles. The minimum Gasteiger partial charge on any atom is -0.368 e. The summed E-state index contributed by atoms with van der Waals surface area (Å²) in [6.45, 7) is 0. The largest absolute Gasteiger partial charge is 0.584 e. The second-order valence-corrected chi connectivity index (χ2v) is 12.3. The molecule has 0 radical (unpaired) electrons. The van der Waals surface area contributed by atoms with E-state index in [-0.39, 0.29) is 0 Å². The fraction of sp³-hybridized carbons (Fsp3) is 1.00. The van der Waals surface area contributed by atoms with Gasteiger partial charge in [-0.3, -0.25) is 0 Å². The molecule has 0 fully saturated rings. The van der Waals surface area contributed by atoms with Crippen molar-refractivity contribution in [2.75, 3.05) is 27.6 Å². The summed E-state index contributed by atoms with van der Waals surface area (Å²) in [4.78, 5) is 0. The smallest absolute Gasteiger partial charge is 0.368 e.